The molecule has 0 spiro atoms. The number of likely N-dealkylation sites (tertiary alicyclic amines) is 1. The van der Waals surface area contributed by atoms with Crippen molar-refractivity contribution in [1.29, 1.82) is 0 Å². The van der Waals surface area contributed by atoms with Gasteiger partial charge in [0.1, 0.15) is 5.01 Å². The van der Waals surface area contributed by atoms with Gasteiger partial charge in [-0.3, -0.25) is 9.79 Å². The van der Waals surface area contributed by atoms with Crippen LogP contribution in [0, 0.1) is 18.8 Å². The third-order valence-electron chi connectivity index (χ3n) is 4.95. The highest BCUT2D eigenvalue weighted by molar-refractivity contribution is 7.15. The van der Waals surface area contributed by atoms with Crippen LogP contribution in [-0.4, -0.2) is 49.1 Å². The summed E-state index contributed by atoms with van der Waals surface area (Å²) in [7, 11) is 3.22. The first kappa shape index (κ1) is 19.4. The highest BCUT2D eigenvalue weighted by Crippen LogP contribution is 2.28. The van der Waals surface area contributed by atoms with Crippen molar-refractivity contribution < 1.29 is 9.53 Å². The zero-order valence-corrected chi connectivity index (χ0v) is 17.0. The molecule has 0 saturated carbocycles. The number of aliphatic imine (C=N–C) groups is 1. The van der Waals surface area contributed by atoms with Gasteiger partial charge in [-0.2, -0.15) is 0 Å². The van der Waals surface area contributed by atoms with E-state index >= 15 is 0 Å². The van der Waals surface area contributed by atoms with E-state index in [9.17, 15) is 4.79 Å². The van der Waals surface area contributed by atoms with E-state index in [4.69, 9.17) is 9.72 Å². The van der Waals surface area contributed by atoms with Crippen LogP contribution in [-0.2, 0) is 16.1 Å². The number of thiazole rings is 1. The fourth-order valence-electron chi connectivity index (χ4n) is 3.39. The molecule has 2 aromatic rings. The molecule has 1 aromatic heterocycles. The zero-order chi connectivity index (χ0) is 19.4. The third kappa shape index (κ3) is 4.30. The minimum atomic E-state index is -0.147. The normalized spacial score (nSPS) is 20.0. The number of methoxy groups -OCH3 is 1. The molecule has 0 aliphatic carbocycles. The molecule has 1 N–H and O–H groups in total. The molecule has 1 aromatic carbocycles. The number of carbonyl (C=O) groups excluding carboxylic acids is 1. The fourth-order valence-corrected chi connectivity index (χ4v) is 4.39. The number of aryl methyl sites for hydroxylation is 1. The summed E-state index contributed by atoms with van der Waals surface area (Å²) in [6.07, 6.45) is 0. The summed E-state index contributed by atoms with van der Waals surface area (Å²) in [5.41, 5.74) is 2.17. The quantitative estimate of drug-likeness (QED) is 0.497. The van der Waals surface area contributed by atoms with Gasteiger partial charge in [0, 0.05) is 30.6 Å². The number of aromatic nitrogens is 1. The second-order valence-electron chi connectivity index (χ2n) is 6.81. The molecule has 0 amide bonds. The molecule has 6 nitrogen and oxygen atoms in total. The van der Waals surface area contributed by atoms with Crippen LogP contribution in [0.2, 0.25) is 0 Å². The lowest BCUT2D eigenvalue weighted by molar-refractivity contribution is -0.145. The molecule has 3 rings (SSSR count). The van der Waals surface area contributed by atoms with E-state index in [1.54, 1.807) is 18.4 Å². The fraction of sp³-hybridized carbons (Fsp3) is 0.450. The average Bonchev–Trinajstić information content (AvgIpc) is 3.25. The lowest BCUT2D eigenvalue weighted by atomic mass is 9.99. The van der Waals surface area contributed by atoms with Crippen molar-refractivity contribution >= 4 is 23.3 Å². The van der Waals surface area contributed by atoms with Gasteiger partial charge >= 0.3 is 5.97 Å². The largest absolute Gasteiger partial charge is 0.469 e. The highest BCUT2D eigenvalue weighted by Gasteiger charge is 2.36. The Hall–Kier alpha value is -2.41. The molecular weight excluding hydrogens is 360 g/mol. The summed E-state index contributed by atoms with van der Waals surface area (Å²) in [4.78, 5) is 24.3. The predicted octanol–water partition coefficient (Wildman–Crippen LogP) is 2.93. The molecule has 0 radical (unpaired) electrons. The number of rotatable bonds is 4. The molecule has 0 bridgehead atoms. The molecule has 2 heterocycles. The molecule has 7 heteroatoms. The van der Waals surface area contributed by atoms with E-state index in [2.05, 4.69) is 34.3 Å². The standard InChI is InChI=1S/C20H26N4O2S/c1-13-11-24(12-16(13)19(25)26-4)20(21-3)22-10-17-14(2)23-18(27-17)15-8-6-5-7-9-15/h5-9,13,16H,10-12H2,1-4H3,(H,21,22). The van der Waals surface area contributed by atoms with Crippen LogP contribution in [0.25, 0.3) is 10.6 Å². The number of nitrogens with one attached hydrogen (secondary N) is 1. The number of hydrogen-bond acceptors (Lipinski definition) is 5. The minimum absolute atomic E-state index is 0.108. The van der Waals surface area contributed by atoms with Crippen molar-refractivity contribution in [3.63, 3.8) is 0 Å². The molecule has 144 valence electrons. The number of ether oxygens (including phenoxy) is 1. The van der Waals surface area contributed by atoms with Crippen molar-refractivity contribution in [1.82, 2.24) is 15.2 Å². The Balaban J connectivity index is 1.66. The predicted molar refractivity (Wildman–Crippen MR) is 109 cm³/mol. The van der Waals surface area contributed by atoms with E-state index in [-0.39, 0.29) is 17.8 Å². The first-order valence-electron chi connectivity index (χ1n) is 9.08. The number of carbonyl (C=O) groups is 1. The van der Waals surface area contributed by atoms with Gasteiger partial charge in [0.2, 0.25) is 0 Å². The van der Waals surface area contributed by atoms with Gasteiger partial charge in [0.05, 0.1) is 25.3 Å². The lowest BCUT2D eigenvalue weighted by Crippen LogP contribution is -2.40. The summed E-state index contributed by atoms with van der Waals surface area (Å²) in [5.74, 6) is 0.794. The number of benzene rings is 1. The molecule has 2 unspecified atom stereocenters. The maximum atomic E-state index is 11.9. The highest BCUT2D eigenvalue weighted by atomic mass is 32.1. The van der Waals surface area contributed by atoms with Crippen LogP contribution in [0.3, 0.4) is 0 Å². The summed E-state index contributed by atoms with van der Waals surface area (Å²) in [6, 6.07) is 10.2. The van der Waals surface area contributed by atoms with Crippen LogP contribution in [0.15, 0.2) is 35.3 Å². The summed E-state index contributed by atoms with van der Waals surface area (Å²) >= 11 is 1.70. The summed E-state index contributed by atoms with van der Waals surface area (Å²) in [6.45, 7) is 6.19. The van der Waals surface area contributed by atoms with Crippen molar-refractivity contribution in [2.24, 2.45) is 16.8 Å². The van der Waals surface area contributed by atoms with Crippen LogP contribution < -0.4 is 5.32 Å². The third-order valence-corrected chi connectivity index (χ3v) is 6.15. The van der Waals surface area contributed by atoms with Gasteiger partial charge < -0.3 is 15.0 Å². The van der Waals surface area contributed by atoms with Crippen molar-refractivity contribution in [3.05, 3.63) is 40.9 Å². The van der Waals surface area contributed by atoms with Crippen molar-refractivity contribution in [2.75, 3.05) is 27.2 Å². The van der Waals surface area contributed by atoms with Crippen LogP contribution in [0.5, 0.6) is 0 Å². The molecule has 1 saturated heterocycles. The number of nitrogens with zero attached hydrogens (tertiary/aromatic N) is 3. The Bertz CT molecular complexity index is 819. The number of hydrogen-bond donors (Lipinski definition) is 1. The smallest absolute Gasteiger partial charge is 0.310 e. The van der Waals surface area contributed by atoms with Crippen LogP contribution >= 0.6 is 11.3 Å². The Morgan fingerprint density at radius 3 is 2.78 bits per heavy atom. The second-order valence-corrected chi connectivity index (χ2v) is 7.89. The number of esters is 1. The van der Waals surface area contributed by atoms with Gasteiger partial charge in [0.25, 0.3) is 0 Å². The Kier molecular flexibility index (Phi) is 6.11. The van der Waals surface area contributed by atoms with Crippen LogP contribution in [0.4, 0.5) is 0 Å². The Morgan fingerprint density at radius 1 is 1.37 bits per heavy atom. The first-order chi connectivity index (χ1) is 13.0. The molecule has 1 aliphatic rings. The first-order valence-corrected chi connectivity index (χ1v) is 9.90. The minimum Gasteiger partial charge on any atom is -0.469 e. The molecular formula is C20H26N4O2S. The maximum absolute atomic E-state index is 11.9. The maximum Gasteiger partial charge on any atom is 0.310 e. The van der Waals surface area contributed by atoms with E-state index in [0.29, 0.717) is 13.1 Å². The number of guanidine groups is 1. The van der Waals surface area contributed by atoms with Gasteiger partial charge in [-0.25, -0.2) is 4.98 Å². The topological polar surface area (TPSA) is 66.8 Å². The van der Waals surface area contributed by atoms with Gasteiger partial charge in [-0.15, -0.1) is 11.3 Å². The van der Waals surface area contributed by atoms with Gasteiger partial charge in [-0.05, 0) is 12.8 Å². The van der Waals surface area contributed by atoms with E-state index < -0.39 is 0 Å². The average molecular weight is 387 g/mol. The monoisotopic (exact) mass is 386 g/mol. The van der Waals surface area contributed by atoms with E-state index in [1.807, 2.05) is 25.1 Å². The summed E-state index contributed by atoms with van der Waals surface area (Å²) < 4.78 is 4.92. The van der Waals surface area contributed by atoms with Crippen LogP contribution in [0.1, 0.15) is 17.5 Å². The van der Waals surface area contributed by atoms with Crippen molar-refractivity contribution in [3.8, 4) is 10.6 Å². The van der Waals surface area contributed by atoms with Gasteiger partial charge in [-0.1, -0.05) is 37.3 Å². The molecule has 1 fully saturated rings. The lowest BCUT2D eigenvalue weighted by Gasteiger charge is -2.21. The van der Waals surface area contributed by atoms with E-state index in [1.165, 1.54) is 12.0 Å². The Morgan fingerprint density at radius 2 is 2.11 bits per heavy atom. The summed E-state index contributed by atoms with van der Waals surface area (Å²) in [5, 5.41) is 4.45. The van der Waals surface area contributed by atoms with E-state index in [0.717, 1.165) is 28.8 Å². The second kappa shape index (κ2) is 8.52. The van der Waals surface area contributed by atoms with Gasteiger partial charge in [0.15, 0.2) is 5.96 Å². The molecule has 2 atom stereocenters. The zero-order valence-electron chi connectivity index (χ0n) is 16.2. The Labute approximate surface area is 164 Å². The van der Waals surface area contributed by atoms with Crippen molar-refractivity contribution in [2.45, 2.75) is 20.4 Å². The SMILES string of the molecule is CN=C(NCc1sc(-c2ccccc2)nc1C)N1CC(C)C(C(=O)OC)C1. The molecule has 1 aliphatic heterocycles. The molecule has 27 heavy (non-hydrogen) atoms.